The number of nitrogens with zero attached hydrogens (tertiary/aromatic N) is 1. The highest BCUT2D eigenvalue weighted by molar-refractivity contribution is 5.96. The van der Waals surface area contributed by atoms with Gasteiger partial charge in [0.2, 0.25) is 0 Å². The summed E-state index contributed by atoms with van der Waals surface area (Å²) < 4.78 is 20.1. The third-order valence-corrected chi connectivity index (χ3v) is 5.93. The Bertz CT molecular complexity index is 1030. The molecule has 29 heavy (non-hydrogen) atoms. The summed E-state index contributed by atoms with van der Waals surface area (Å²) in [6.07, 6.45) is 6.44. The van der Waals surface area contributed by atoms with Crippen molar-refractivity contribution in [2.75, 3.05) is 0 Å². The van der Waals surface area contributed by atoms with Crippen LogP contribution in [0.1, 0.15) is 49.9 Å². The molecule has 0 unspecified atom stereocenters. The molecule has 0 bridgehead atoms. The quantitative estimate of drug-likeness (QED) is 0.671. The summed E-state index contributed by atoms with van der Waals surface area (Å²) in [5, 5.41) is 13.9. The number of halogens is 1. The van der Waals surface area contributed by atoms with Gasteiger partial charge in [-0.2, -0.15) is 0 Å². The van der Waals surface area contributed by atoms with Gasteiger partial charge < -0.3 is 14.8 Å². The van der Waals surface area contributed by atoms with E-state index in [1.54, 1.807) is 30.7 Å². The number of fused-ring (bicyclic) bond motifs is 1. The summed E-state index contributed by atoms with van der Waals surface area (Å²) in [5.41, 5.74) is 1.21. The number of carbonyl (C=O) groups is 1. The lowest BCUT2D eigenvalue weighted by Crippen LogP contribution is -2.42. The number of furan rings is 1. The van der Waals surface area contributed by atoms with E-state index in [9.17, 15) is 14.3 Å². The van der Waals surface area contributed by atoms with Gasteiger partial charge in [0.15, 0.2) is 0 Å². The maximum absolute atomic E-state index is 14.7. The molecule has 3 aromatic rings. The molecule has 5 nitrogen and oxygen atoms in total. The summed E-state index contributed by atoms with van der Waals surface area (Å²) in [4.78, 5) is 16.9. The first-order valence-corrected chi connectivity index (χ1v) is 9.98. The van der Waals surface area contributed by atoms with Gasteiger partial charge in [0.1, 0.15) is 11.4 Å². The van der Waals surface area contributed by atoms with Crippen LogP contribution in [0.25, 0.3) is 22.2 Å². The van der Waals surface area contributed by atoms with Gasteiger partial charge in [-0.1, -0.05) is 6.07 Å². The van der Waals surface area contributed by atoms with Crippen LogP contribution in [-0.2, 0) is 0 Å². The fourth-order valence-electron chi connectivity index (χ4n) is 4.18. The van der Waals surface area contributed by atoms with Crippen molar-refractivity contribution in [1.82, 2.24) is 10.3 Å². The highest BCUT2D eigenvalue weighted by atomic mass is 19.1. The average Bonchev–Trinajstić information content (AvgIpc) is 3.16. The molecule has 0 saturated heterocycles. The third-order valence-electron chi connectivity index (χ3n) is 5.93. The summed E-state index contributed by atoms with van der Waals surface area (Å²) in [5.74, 6) is -0.757. The topological polar surface area (TPSA) is 75.4 Å². The summed E-state index contributed by atoms with van der Waals surface area (Å²) in [7, 11) is 0. The van der Waals surface area contributed by atoms with Crippen molar-refractivity contribution in [3.63, 3.8) is 0 Å². The lowest BCUT2D eigenvalue weighted by atomic mass is 9.77. The van der Waals surface area contributed by atoms with Crippen LogP contribution in [0.4, 0.5) is 4.39 Å². The Kier molecular flexibility index (Phi) is 5.13. The van der Waals surface area contributed by atoms with Gasteiger partial charge >= 0.3 is 0 Å². The molecule has 1 saturated carbocycles. The zero-order valence-electron chi connectivity index (χ0n) is 16.6. The Morgan fingerprint density at radius 3 is 2.66 bits per heavy atom. The molecule has 6 heteroatoms. The third kappa shape index (κ3) is 4.03. The van der Waals surface area contributed by atoms with E-state index in [4.69, 9.17) is 4.42 Å². The van der Waals surface area contributed by atoms with E-state index in [0.29, 0.717) is 16.8 Å². The van der Waals surface area contributed by atoms with E-state index in [1.807, 2.05) is 13.8 Å². The molecule has 2 heterocycles. The fourth-order valence-corrected chi connectivity index (χ4v) is 4.18. The van der Waals surface area contributed by atoms with Crippen LogP contribution in [0.2, 0.25) is 0 Å². The monoisotopic (exact) mass is 396 g/mol. The van der Waals surface area contributed by atoms with Crippen LogP contribution in [0.5, 0.6) is 0 Å². The number of aromatic nitrogens is 1. The number of hydrogen-bond acceptors (Lipinski definition) is 4. The van der Waals surface area contributed by atoms with E-state index >= 15 is 0 Å². The number of aliphatic hydroxyl groups is 1. The molecule has 0 spiro atoms. The van der Waals surface area contributed by atoms with Crippen molar-refractivity contribution < 1.29 is 18.7 Å². The highest BCUT2D eigenvalue weighted by Crippen LogP contribution is 2.33. The van der Waals surface area contributed by atoms with Gasteiger partial charge in [0.05, 0.1) is 23.1 Å². The van der Waals surface area contributed by atoms with E-state index in [2.05, 4.69) is 10.3 Å². The first kappa shape index (κ1) is 19.6. The molecule has 0 radical (unpaired) electrons. The molecule has 1 aliphatic carbocycles. The van der Waals surface area contributed by atoms with Crippen LogP contribution < -0.4 is 5.32 Å². The van der Waals surface area contributed by atoms with Crippen LogP contribution in [0, 0.1) is 11.7 Å². The molecular weight excluding hydrogens is 371 g/mol. The largest absolute Gasteiger partial charge is 0.464 e. The highest BCUT2D eigenvalue weighted by Gasteiger charge is 2.32. The Morgan fingerprint density at radius 1 is 1.21 bits per heavy atom. The number of hydrogen-bond donors (Lipinski definition) is 2. The molecule has 1 aromatic carbocycles. The number of nitrogens with one attached hydrogen (secondary N) is 1. The normalized spacial score (nSPS) is 20.0. The number of rotatable bonds is 4. The van der Waals surface area contributed by atoms with Gasteiger partial charge in [-0.25, -0.2) is 4.39 Å². The molecule has 0 aliphatic heterocycles. The lowest BCUT2D eigenvalue weighted by molar-refractivity contribution is -0.00257. The Hall–Kier alpha value is -2.73. The van der Waals surface area contributed by atoms with Crippen molar-refractivity contribution in [3.05, 3.63) is 54.2 Å². The summed E-state index contributed by atoms with van der Waals surface area (Å²) in [6.45, 7) is 3.65. The number of carbonyl (C=O) groups excluding carboxylic acids is 1. The molecular formula is C23H25FN2O3. The number of pyridine rings is 1. The second-order valence-corrected chi connectivity index (χ2v) is 8.36. The number of amides is 1. The fraction of sp³-hybridized carbons (Fsp3) is 0.391. The van der Waals surface area contributed by atoms with E-state index in [1.165, 1.54) is 12.1 Å². The Balaban J connectivity index is 1.47. The van der Waals surface area contributed by atoms with E-state index in [0.717, 1.165) is 31.1 Å². The van der Waals surface area contributed by atoms with Crippen LogP contribution >= 0.6 is 0 Å². The molecule has 2 aromatic heterocycles. The SMILES string of the molecule is CC(C)(O)[C@H]1CC[C@H](NC(=O)c2ccc(-c3nccc4occc34)cc2F)CC1. The van der Waals surface area contributed by atoms with Gasteiger partial charge in [-0.05, 0) is 69.7 Å². The van der Waals surface area contributed by atoms with Crippen LogP contribution in [0.3, 0.4) is 0 Å². The minimum Gasteiger partial charge on any atom is -0.464 e. The maximum Gasteiger partial charge on any atom is 0.254 e. The molecule has 1 amide bonds. The Morgan fingerprint density at radius 2 is 1.97 bits per heavy atom. The first-order valence-electron chi connectivity index (χ1n) is 9.98. The van der Waals surface area contributed by atoms with Gasteiger partial charge in [-0.15, -0.1) is 0 Å². The standard InChI is InChI=1S/C23H25FN2O3/c1-23(2,28)15-4-6-16(7-5-15)26-22(27)17-8-3-14(13-19(17)24)21-18-10-12-29-20(18)9-11-25-21/h3,8-13,15-16,28H,4-7H2,1-2H3,(H,26,27)/t15-,16-. The summed E-state index contributed by atoms with van der Waals surface area (Å²) >= 11 is 0. The molecule has 4 rings (SSSR count). The Labute approximate surface area is 168 Å². The number of benzene rings is 1. The first-order chi connectivity index (χ1) is 13.8. The smallest absolute Gasteiger partial charge is 0.254 e. The van der Waals surface area contributed by atoms with Crippen molar-refractivity contribution in [3.8, 4) is 11.3 Å². The summed E-state index contributed by atoms with van der Waals surface area (Å²) in [6, 6.07) is 8.10. The van der Waals surface area contributed by atoms with Crippen LogP contribution in [-0.4, -0.2) is 27.6 Å². The molecule has 152 valence electrons. The maximum atomic E-state index is 14.7. The van der Waals surface area contributed by atoms with Gasteiger partial charge in [0, 0.05) is 23.2 Å². The van der Waals surface area contributed by atoms with E-state index < -0.39 is 17.3 Å². The molecule has 1 aliphatic rings. The second-order valence-electron chi connectivity index (χ2n) is 8.36. The molecule has 2 N–H and O–H groups in total. The predicted molar refractivity (Wildman–Crippen MR) is 109 cm³/mol. The lowest BCUT2D eigenvalue weighted by Gasteiger charge is -2.36. The van der Waals surface area contributed by atoms with Gasteiger partial charge in [-0.3, -0.25) is 9.78 Å². The molecule has 1 fully saturated rings. The van der Waals surface area contributed by atoms with Crippen LogP contribution in [0.15, 0.2) is 47.2 Å². The zero-order valence-corrected chi connectivity index (χ0v) is 16.6. The predicted octanol–water partition coefficient (Wildman–Crippen LogP) is 4.69. The van der Waals surface area contributed by atoms with Gasteiger partial charge in [0.25, 0.3) is 5.91 Å². The minimum atomic E-state index is -0.706. The minimum absolute atomic E-state index is 0.00141. The van der Waals surface area contributed by atoms with Crippen molar-refractivity contribution >= 4 is 16.9 Å². The molecule has 0 atom stereocenters. The van der Waals surface area contributed by atoms with Crippen molar-refractivity contribution in [2.24, 2.45) is 5.92 Å². The zero-order chi connectivity index (χ0) is 20.6. The van der Waals surface area contributed by atoms with Crippen molar-refractivity contribution in [2.45, 2.75) is 51.2 Å². The van der Waals surface area contributed by atoms with Crippen molar-refractivity contribution in [1.29, 1.82) is 0 Å². The van der Waals surface area contributed by atoms with E-state index in [-0.39, 0.29) is 17.5 Å². The average molecular weight is 396 g/mol. The second kappa shape index (κ2) is 7.59.